The van der Waals surface area contributed by atoms with Gasteiger partial charge in [-0.15, -0.1) is 0 Å². The smallest absolute Gasteiger partial charge is 0.173 e. The predicted octanol–water partition coefficient (Wildman–Crippen LogP) is 2.04. The lowest BCUT2D eigenvalue weighted by Gasteiger charge is -2.27. The van der Waals surface area contributed by atoms with Crippen molar-refractivity contribution in [1.29, 1.82) is 0 Å². The summed E-state index contributed by atoms with van der Waals surface area (Å²) in [6, 6.07) is 2.11. The van der Waals surface area contributed by atoms with Crippen LogP contribution in [-0.4, -0.2) is 43.9 Å². The third kappa shape index (κ3) is 3.17. The second kappa shape index (κ2) is 6.20. The van der Waals surface area contributed by atoms with Crippen molar-refractivity contribution in [3.8, 4) is 0 Å². The summed E-state index contributed by atoms with van der Waals surface area (Å²) >= 11 is 0. The van der Waals surface area contributed by atoms with Crippen LogP contribution < -0.4 is 0 Å². The first kappa shape index (κ1) is 14.5. The van der Waals surface area contributed by atoms with E-state index in [4.69, 9.17) is 4.98 Å². The van der Waals surface area contributed by atoms with Gasteiger partial charge in [-0.05, 0) is 32.3 Å². The van der Waals surface area contributed by atoms with Gasteiger partial charge in [0.15, 0.2) is 5.82 Å². The van der Waals surface area contributed by atoms with Gasteiger partial charge in [0.2, 0.25) is 0 Å². The molecule has 2 aliphatic heterocycles. The van der Waals surface area contributed by atoms with Gasteiger partial charge in [-0.1, -0.05) is 0 Å². The second-order valence-corrected chi connectivity index (χ2v) is 6.45. The number of nitrogens with one attached hydrogen (secondary N) is 1. The third-order valence-electron chi connectivity index (χ3n) is 4.54. The molecule has 4 heterocycles. The summed E-state index contributed by atoms with van der Waals surface area (Å²) in [5.74, 6) is 0.847. The summed E-state index contributed by atoms with van der Waals surface area (Å²) in [7, 11) is 0. The summed E-state index contributed by atoms with van der Waals surface area (Å²) in [6.45, 7) is 5.74. The molecule has 0 aromatic carbocycles. The van der Waals surface area contributed by atoms with Crippen molar-refractivity contribution in [2.75, 3.05) is 13.1 Å². The molecular formula is C17H22N6. The van der Waals surface area contributed by atoms with Gasteiger partial charge in [-0.25, -0.2) is 9.97 Å². The van der Waals surface area contributed by atoms with E-state index >= 15 is 0 Å². The molecule has 0 unspecified atom stereocenters. The molecule has 6 heteroatoms. The topological polar surface area (TPSA) is 70.1 Å². The minimum absolute atomic E-state index is 0.847. The highest BCUT2D eigenvalue weighted by molar-refractivity contribution is 5.97. The van der Waals surface area contributed by atoms with E-state index in [0.29, 0.717) is 0 Å². The minimum Gasteiger partial charge on any atom is -0.293 e. The van der Waals surface area contributed by atoms with E-state index < -0.39 is 0 Å². The van der Waals surface area contributed by atoms with Crippen LogP contribution in [0.5, 0.6) is 0 Å². The molecule has 0 saturated heterocycles. The summed E-state index contributed by atoms with van der Waals surface area (Å²) in [5.41, 5.74) is 5.73. The lowest BCUT2D eigenvalue weighted by Crippen LogP contribution is -2.31. The van der Waals surface area contributed by atoms with Crippen LogP contribution in [0, 0.1) is 6.92 Å². The number of aryl methyl sites for hydroxylation is 1. The maximum atomic E-state index is 4.79. The number of hydrogen-bond donors (Lipinski definition) is 1. The zero-order valence-electron chi connectivity index (χ0n) is 13.5. The largest absolute Gasteiger partial charge is 0.293 e. The van der Waals surface area contributed by atoms with E-state index in [-0.39, 0.29) is 0 Å². The Morgan fingerprint density at radius 3 is 3.00 bits per heavy atom. The quantitative estimate of drug-likeness (QED) is 0.942. The SMILES string of the molecule is Cc1cc(CN2CCc3nc(C4=NCCCC4)ncc3C2)n[nH]1. The lowest BCUT2D eigenvalue weighted by atomic mass is 10.1. The van der Waals surface area contributed by atoms with Crippen molar-refractivity contribution in [2.45, 2.75) is 45.7 Å². The number of H-pyrrole nitrogens is 1. The Hall–Kier alpha value is -2.08. The maximum Gasteiger partial charge on any atom is 0.173 e. The molecule has 2 aromatic rings. The average molecular weight is 310 g/mol. The van der Waals surface area contributed by atoms with Gasteiger partial charge in [-0.2, -0.15) is 5.10 Å². The molecule has 4 rings (SSSR count). The maximum absolute atomic E-state index is 4.79. The van der Waals surface area contributed by atoms with Crippen molar-refractivity contribution in [3.63, 3.8) is 0 Å². The molecule has 1 N–H and O–H groups in total. The molecular weight excluding hydrogens is 288 g/mol. The molecule has 0 aliphatic carbocycles. The lowest BCUT2D eigenvalue weighted by molar-refractivity contribution is 0.240. The van der Waals surface area contributed by atoms with Crippen molar-refractivity contribution in [1.82, 2.24) is 25.1 Å². The number of nitrogens with zero attached hydrogens (tertiary/aromatic N) is 5. The number of aliphatic imine (C=N–C) groups is 1. The average Bonchev–Trinajstić information content (AvgIpc) is 3.00. The van der Waals surface area contributed by atoms with Crippen molar-refractivity contribution in [2.24, 2.45) is 4.99 Å². The molecule has 2 aromatic heterocycles. The van der Waals surface area contributed by atoms with E-state index in [1.807, 2.05) is 13.1 Å². The fraction of sp³-hybridized carbons (Fsp3) is 0.529. The summed E-state index contributed by atoms with van der Waals surface area (Å²) in [5, 5.41) is 7.33. The van der Waals surface area contributed by atoms with Crippen molar-refractivity contribution < 1.29 is 0 Å². The first-order valence-corrected chi connectivity index (χ1v) is 8.39. The van der Waals surface area contributed by atoms with Crippen LogP contribution >= 0.6 is 0 Å². The first-order chi connectivity index (χ1) is 11.3. The molecule has 6 nitrogen and oxygen atoms in total. The Morgan fingerprint density at radius 1 is 1.26 bits per heavy atom. The normalized spacial score (nSPS) is 18.6. The molecule has 0 fully saturated rings. The summed E-state index contributed by atoms with van der Waals surface area (Å²) in [4.78, 5) is 16.4. The zero-order chi connectivity index (χ0) is 15.6. The van der Waals surface area contributed by atoms with Crippen LogP contribution in [0.3, 0.4) is 0 Å². The highest BCUT2D eigenvalue weighted by Crippen LogP contribution is 2.19. The van der Waals surface area contributed by atoms with Crippen LogP contribution in [0.15, 0.2) is 17.3 Å². The van der Waals surface area contributed by atoms with Gasteiger partial charge in [-0.3, -0.25) is 15.0 Å². The monoisotopic (exact) mass is 310 g/mol. The summed E-state index contributed by atoms with van der Waals surface area (Å²) in [6.07, 6.45) is 6.38. The van der Waals surface area contributed by atoms with E-state index in [1.54, 1.807) is 0 Å². The van der Waals surface area contributed by atoms with Gasteiger partial charge in [0, 0.05) is 50.1 Å². The predicted molar refractivity (Wildman–Crippen MR) is 88.4 cm³/mol. The van der Waals surface area contributed by atoms with Gasteiger partial charge < -0.3 is 0 Å². The van der Waals surface area contributed by atoms with Crippen LogP contribution in [0.4, 0.5) is 0 Å². The first-order valence-electron chi connectivity index (χ1n) is 8.39. The number of rotatable bonds is 3. The number of hydrogen-bond acceptors (Lipinski definition) is 5. The Morgan fingerprint density at radius 2 is 2.22 bits per heavy atom. The molecule has 0 amide bonds. The fourth-order valence-electron chi connectivity index (χ4n) is 3.31. The molecule has 2 aliphatic rings. The standard InChI is InChI=1S/C17H22N6/c1-12-8-14(22-21-12)11-23-7-5-15-13(10-23)9-19-17(20-15)16-4-2-3-6-18-16/h8-9H,2-7,10-11H2,1H3,(H,21,22). The zero-order valence-corrected chi connectivity index (χ0v) is 13.5. The molecule has 0 radical (unpaired) electrons. The van der Waals surface area contributed by atoms with E-state index in [2.05, 4.69) is 31.1 Å². The highest BCUT2D eigenvalue weighted by atomic mass is 15.2. The second-order valence-electron chi connectivity index (χ2n) is 6.45. The van der Waals surface area contributed by atoms with Crippen LogP contribution in [-0.2, 0) is 19.5 Å². The number of aromatic nitrogens is 4. The molecule has 23 heavy (non-hydrogen) atoms. The van der Waals surface area contributed by atoms with Crippen molar-refractivity contribution >= 4 is 5.71 Å². The Labute approximate surface area is 136 Å². The molecule has 0 atom stereocenters. The molecule has 0 spiro atoms. The Bertz CT molecular complexity index is 732. The highest BCUT2D eigenvalue weighted by Gasteiger charge is 2.20. The van der Waals surface area contributed by atoms with E-state index in [0.717, 1.165) is 61.9 Å². The number of aromatic amines is 1. The molecule has 0 bridgehead atoms. The van der Waals surface area contributed by atoms with Gasteiger partial charge in [0.25, 0.3) is 0 Å². The summed E-state index contributed by atoms with van der Waals surface area (Å²) < 4.78 is 0. The minimum atomic E-state index is 0.847. The Balaban J connectivity index is 1.48. The van der Waals surface area contributed by atoms with Gasteiger partial charge in [0.05, 0.1) is 17.1 Å². The van der Waals surface area contributed by atoms with Gasteiger partial charge in [0.1, 0.15) is 0 Å². The van der Waals surface area contributed by atoms with Gasteiger partial charge >= 0.3 is 0 Å². The van der Waals surface area contributed by atoms with E-state index in [1.165, 1.54) is 24.1 Å². The molecule has 120 valence electrons. The third-order valence-corrected chi connectivity index (χ3v) is 4.54. The van der Waals surface area contributed by atoms with Crippen LogP contribution in [0.25, 0.3) is 0 Å². The van der Waals surface area contributed by atoms with Crippen LogP contribution in [0.1, 0.15) is 47.7 Å². The van der Waals surface area contributed by atoms with Crippen LogP contribution in [0.2, 0.25) is 0 Å². The van der Waals surface area contributed by atoms with Crippen molar-refractivity contribution in [3.05, 3.63) is 40.7 Å². The number of fused-ring (bicyclic) bond motifs is 1. The fourth-order valence-corrected chi connectivity index (χ4v) is 3.31. The van der Waals surface area contributed by atoms with E-state index in [9.17, 15) is 0 Å². The Kier molecular flexibility index (Phi) is 3.91. The molecule has 0 saturated carbocycles.